The van der Waals surface area contributed by atoms with Crippen LogP contribution in [0.25, 0.3) is 0 Å². The molecule has 0 rings (SSSR count). The molecule has 5 heteroatoms. The van der Waals surface area contributed by atoms with Gasteiger partial charge in [0, 0.05) is 18.5 Å². The van der Waals surface area contributed by atoms with Gasteiger partial charge in [0.2, 0.25) is 5.91 Å². The Hall–Kier alpha value is -1.36. The zero-order valence-electron chi connectivity index (χ0n) is 13.7. The van der Waals surface area contributed by atoms with Gasteiger partial charge in [0.1, 0.15) is 0 Å². The number of unbranched alkanes of at least 4 members (excludes halogenated alkanes) is 7. The molecule has 0 atom stereocenters. The molecule has 4 N–H and O–H groups in total. The molecule has 0 saturated heterocycles. The molecule has 0 saturated carbocycles. The molecule has 22 heavy (non-hydrogen) atoms. The van der Waals surface area contributed by atoms with Gasteiger partial charge in [0.15, 0.2) is 0 Å². The highest BCUT2D eigenvalue weighted by Gasteiger charge is 2.04. The van der Waals surface area contributed by atoms with Gasteiger partial charge in [-0.15, -0.1) is 0 Å². The van der Waals surface area contributed by atoms with Crippen molar-refractivity contribution < 1.29 is 14.7 Å². The molecule has 0 unspecified atom stereocenters. The Balaban J connectivity index is 3.28. The molecule has 0 radical (unpaired) electrons. The molecule has 0 fully saturated rings. The van der Waals surface area contributed by atoms with E-state index in [1.54, 1.807) is 0 Å². The number of carbonyl (C=O) groups excluding carboxylic acids is 1. The molecule has 0 aliphatic heterocycles. The van der Waals surface area contributed by atoms with Gasteiger partial charge in [-0.1, -0.05) is 45.1 Å². The average molecular weight is 312 g/mol. The first-order valence-corrected chi connectivity index (χ1v) is 8.45. The van der Waals surface area contributed by atoms with Crippen LogP contribution in [-0.4, -0.2) is 30.1 Å². The van der Waals surface area contributed by atoms with E-state index in [-0.39, 0.29) is 12.3 Å². The molecule has 0 aliphatic carbocycles. The number of amides is 1. The number of nitrogens with two attached hydrogens (primary N) is 1. The molecule has 0 heterocycles. The van der Waals surface area contributed by atoms with E-state index >= 15 is 0 Å². The smallest absolute Gasteiger partial charge is 0.303 e. The maximum absolute atomic E-state index is 11.6. The summed E-state index contributed by atoms with van der Waals surface area (Å²) in [5.74, 6) is -0.750. The van der Waals surface area contributed by atoms with Crippen molar-refractivity contribution in [1.29, 1.82) is 0 Å². The maximum atomic E-state index is 11.6. The summed E-state index contributed by atoms with van der Waals surface area (Å²) in [6.45, 7) is 5.06. The molecule has 128 valence electrons. The summed E-state index contributed by atoms with van der Waals surface area (Å²) in [5, 5.41) is 11.4. The van der Waals surface area contributed by atoms with Crippen LogP contribution < -0.4 is 11.1 Å². The normalized spacial score (nSPS) is 10.4. The van der Waals surface area contributed by atoms with Crippen LogP contribution in [0.3, 0.4) is 0 Å². The fourth-order valence-corrected chi connectivity index (χ4v) is 2.22. The van der Waals surface area contributed by atoms with Crippen molar-refractivity contribution in [2.45, 2.75) is 70.6 Å². The van der Waals surface area contributed by atoms with Crippen molar-refractivity contribution in [3.63, 3.8) is 0 Å². The van der Waals surface area contributed by atoms with E-state index in [9.17, 15) is 9.59 Å². The molecule has 0 spiro atoms. The second-order valence-electron chi connectivity index (χ2n) is 5.72. The van der Waals surface area contributed by atoms with Gasteiger partial charge in [-0.2, -0.15) is 0 Å². The Labute approximate surface area is 134 Å². The molecular formula is C17H32N2O3. The van der Waals surface area contributed by atoms with Gasteiger partial charge in [0.05, 0.1) is 0 Å². The summed E-state index contributed by atoms with van der Waals surface area (Å²) in [4.78, 5) is 22.0. The first-order valence-electron chi connectivity index (χ1n) is 8.45. The highest BCUT2D eigenvalue weighted by molar-refractivity contribution is 5.92. The zero-order valence-corrected chi connectivity index (χ0v) is 13.7. The first-order chi connectivity index (χ1) is 10.6. The number of rotatable bonds is 15. The molecule has 0 bridgehead atoms. The molecule has 0 aromatic heterocycles. The minimum atomic E-state index is -0.701. The Morgan fingerprint density at radius 3 is 1.95 bits per heavy atom. The predicted octanol–water partition coefficient (Wildman–Crippen LogP) is 2.99. The van der Waals surface area contributed by atoms with E-state index in [0.717, 1.165) is 38.5 Å². The Bertz CT molecular complexity index is 330. The third-order valence-corrected chi connectivity index (χ3v) is 3.61. The summed E-state index contributed by atoms with van der Waals surface area (Å²) >= 11 is 0. The van der Waals surface area contributed by atoms with Gasteiger partial charge in [-0.3, -0.25) is 9.59 Å². The van der Waals surface area contributed by atoms with Crippen LogP contribution in [0, 0.1) is 0 Å². The summed E-state index contributed by atoms with van der Waals surface area (Å²) in [5.41, 5.74) is 6.02. The third-order valence-electron chi connectivity index (χ3n) is 3.61. The lowest BCUT2D eigenvalue weighted by Crippen LogP contribution is -2.25. The summed E-state index contributed by atoms with van der Waals surface area (Å²) in [7, 11) is 0. The topological polar surface area (TPSA) is 92.4 Å². The van der Waals surface area contributed by atoms with Crippen LogP contribution in [0.5, 0.6) is 0 Å². The van der Waals surface area contributed by atoms with Crippen molar-refractivity contribution in [3.8, 4) is 0 Å². The first kappa shape index (κ1) is 20.6. The number of hydrogen-bond acceptors (Lipinski definition) is 3. The van der Waals surface area contributed by atoms with E-state index < -0.39 is 5.97 Å². The number of hydrogen-bond donors (Lipinski definition) is 3. The summed E-state index contributed by atoms with van der Waals surface area (Å²) in [6, 6.07) is 0. The zero-order chi connectivity index (χ0) is 16.6. The van der Waals surface area contributed by atoms with E-state index in [1.165, 1.54) is 19.3 Å². The van der Waals surface area contributed by atoms with E-state index in [2.05, 4.69) is 11.9 Å². The molecule has 0 aromatic carbocycles. The van der Waals surface area contributed by atoms with Crippen LogP contribution in [0.1, 0.15) is 70.6 Å². The molecule has 0 aliphatic rings. The minimum Gasteiger partial charge on any atom is -0.481 e. The van der Waals surface area contributed by atoms with Crippen molar-refractivity contribution in [2.75, 3.05) is 13.1 Å². The van der Waals surface area contributed by atoms with E-state index in [4.69, 9.17) is 10.8 Å². The Morgan fingerprint density at radius 2 is 1.41 bits per heavy atom. The summed E-state index contributed by atoms with van der Waals surface area (Å²) in [6.07, 6.45) is 10.3. The van der Waals surface area contributed by atoms with E-state index in [0.29, 0.717) is 25.1 Å². The van der Waals surface area contributed by atoms with Gasteiger partial charge < -0.3 is 16.2 Å². The van der Waals surface area contributed by atoms with Crippen molar-refractivity contribution in [3.05, 3.63) is 12.2 Å². The Kier molecular flexibility index (Phi) is 13.7. The second-order valence-corrected chi connectivity index (χ2v) is 5.72. The van der Waals surface area contributed by atoms with Crippen molar-refractivity contribution >= 4 is 11.9 Å². The highest BCUT2D eigenvalue weighted by atomic mass is 16.4. The average Bonchev–Trinajstić information content (AvgIpc) is 2.49. The second kappa shape index (κ2) is 14.6. The number of nitrogens with one attached hydrogen (secondary N) is 1. The Morgan fingerprint density at radius 1 is 0.864 bits per heavy atom. The third kappa shape index (κ3) is 13.6. The molecule has 1 amide bonds. The fourth-order valence-electron chi connectivity index (χ4n) is 2.22. The minimum absolute atomic E-state index is 0.0492. The maximum Gasteiger partial charge on any atom is 0.303 e. The summed E-state index contributed by atoms with van der Waals surface area (Å²) < 4.78 is 0. The highest BCUT2D eigenvalue weighted by Crippen LogP contribution is 2.09. The largest absolute Gasteiger partial charge is 0.481 e. The molecule has 0 aromatic rings. The SMILES string of the molecule is C=C(CCCN)C(=O)NCCCCCCCCCCC(=O)O. The predicted molar refractivity (Wildman–Crippen MR) is 89.6 cm³/mol. The monoisotopic (exact) mass is 312 g/mol. The van der Waals surface area contributed by atoms with Crippen LogP contribution in [0.2, 0.25) is 0 Å². The quantitative estimate of drug-likeness (QED) is 0.320. The number of carboxylic acids is 1. The van der Waals surface area contributed by atoms with Crippen molar-refractivity contribution in [1.82, 2.24) is 5.32 Å². The standard InChI is InChI=1S/C17H32N2O3/c1-15(11-10-13-18)17(22)19-14-9-7-5-3-2-4-6-8-12-16(20)21/h1-14,18H2,(H,19,22)(H,20,21). The van der Waals surface area contributed by atoms with Gasteiger partial charge in [0.25, 0.3) is 0 Å². The van der Waals surface area contributed by atoms with Gasteiger partial charge in [-0.25, -0.2) is 0 Å². The van der Waals surface area contributed by atoms with Gasteiger partial charge in [-0.05, 0) is 32.2 Å². The van der Waals surface area contributed by atoms with E-state index in [1.807, 2.05) is 0 Å². The lowest BCUT2D eigenvalue weighted by atomic mass is 10.1. The van der Waals surface area contributed by atoms with Crippen molar-refractivity contribution in [2.24, 2.45) is 5.73 Å². The van der Waals surface area contributed by atoms with Crippen LogP contribution >= 0.6 is 0 Å². The van der Waals surface area contributed by atoms with Crippen LogP contribution in [-0.2, 0) is 9.59 Å². The number of carboxylic acid groups (broad SMARTS) is 1. The van der Waals surface area contributed by atoms with Crippen LogP contribution in [0.4, 0.5) is 0 Å². The molecule has 5 nitrogen and oxygen atoms in total. The van der Waals surface area contributed by atoms with Crippen LogP contribution in [0.15, 0.2) is 12.2 Å². The van der Waals surface area contributed by atoms with Gasteiger partial charge >= 0.3 is 5.97 Å². The number of aliphatic carboxylic acids is 1. The number of carbonyl (C=O) groups is 2. The lowest BCUT2D eigenvalue weighted by Gasteiger charge is -2.07. The molecular weight excluding hydrogens is 280 g/mol. The fraction of sp³-hybridized carbons (Fsp3) is 0.765. The lowest BCUT2D eigenvalue weighted by molar-refractivity contribution is -0.137.